The van der Waals surface area contributed by atoms with Crippen molar-refractivity contribution in [2.24, 2.45) is 11.8 Å². The average molecular weight is 161 g/mol. The summed E-state index contributed by atoms with van der Waals surface area (Å²) in [6.07, 6.45) is 3.16. The van der Waals surface area contributed by atoms with E-state index in [9.17, 15) is 0 Å². The van der Waals surface area contributed by atoms with Crippen LogP contribution in [0.15, 0.2) is 18.3 Å². The number of aromatic nitrogens is 2. The highest BCUT2D eigenvalue weighted by molar-refractivity contribution is 5.39. The van der Waals surface area contributed by atoms with E-state index in [1.54, 1.807) is 6.20 Å². The highest BCUT2D eigenvalue weighted by Crippen LogP contribution is 2.45. The van der Waals surface area contributed by atoms with Gasteiger partial charge in [-0.25, -0.2) is 0 Å². The fourth-order valence-corrected chi connectivity index (χ4v) is 2.05. The zero-order valence-corrected chi connectivity index (χ0v) is 6.85. The van der Waals surface area contributed by atoms with Gasteiger partial charge in [-0.15, -0.1) is 5.10 Å². The molecule has 3 heteroatoms. The first-order valence-corrected chi connectivity index (χ1v) is 4.46. The van der Waals surface area contributed by atoms with Gasteiger partial charge in [-0.2, -0.15) is 5.10 Å². The van der Waals surface area contributed by atoms with Gasteiger partial charge in [0.15, 0.2) is 5.82 Å². The Morgan fingerprint density at radius 3 is 2.83 bits per heavy atom. The summed E-state index contributed by atoms with van der Waals surface area (Å²) < 4.78 is 0. The molecule has 0 amide bonds. The topological polar surface area (TPSA) is 29.0 Å². The standard InChI is InChI=1S/C9H11N3/c1-2-9(11-10-3-1)12-5-7-4-8(7)6-12/h1-3,7-8H,4-6H2. The number of anilines is 1. The van der Waals surface area contributed by atoms with Gasteiger partial charge in [0.25, 0.3) is 0 Å². The molecule has 1 aromatic heterocycles. The lowest BCUT2D eigenvalue weighted by atomic mass is 10.4. The van der Waals surface area contributed by atoms with Gasteiger partial charge in [0.2, 0.25) is 0 Å². The molecule has 1 saturated heterocycles. The normalized spacial score (nSPS) is 31.8. The van der Waals surface area contributed by atoms with Gasteiger partial charge in [-0.05, 0) is 30.4 Å². The molecule has 1 aromatic rings. The minimum absolute atomic E-state index is 0.965. The molecule has 0 radical (unpaired) electrons. The monoisotopic (exact) mass is 161 g/mol. The first-order valence-electron chi connectivity index (χ1n) is 4.46. The molecule has 0 spiro atoms. The van der Waals surface area contributed by atoms with Gasteiger partial charge in [-0.3, -0.25) is 0 Å². The van der Waals surface area contributed by atoms with Crippen molar-refractivity contribution >= 4 is 5.82 Å². The smallest absolute Gasteiger partial charge is 0.151 e. The number of nitrogens with zero attached hydrogens (tertiary/aromatic N) is 3. The number of hydrogen-bond donors (Lipinski definition) is 0. The molecule has 1 aliphatic carbocycles. The third-order valence-corrected chi connectivity index (χ3v) is 2.86. The quantitative estimate of drug-likeness (QED) is 0.613. The minimum atomic E-state index is 0.965. The van der Waals surface area contributed by atoms with Crippen molar-refractivity contribution in [3.8, 4) is 0 Å². The van der Waals surface area contributed by atoms with Crippen LogP contribution in [0.25, 0.3) is 0 Å². The zero-order chi connectivity index (χ0) is 7.97. The fourth-order valence-electron chi connectivity index (χ4n) is 2.05. The first kappa shape index (κ1) is 6.40. The van der Waals surface area contributed by atoms with E-state index >= 15 is 0 Å². The maximum atomic E-state index is 4.09. The molecule has 2 atom stereocenters. The SMILES string of the molecule is c1cnnc(N2CC3CC3C2)c1. The van der Waals surface area contributed by atoms with Crippen molar-refractivity contribution in [3.05, 3.63) is 18.3 Å². The van der Waals surface area contributed by atoms with E-state index in [-0.39, 0.29) is 0 Å². The Balaban J connectivity index is 1.82. The Morgan fingerprint density at radius 1 is 1.33 bits per heavy atom. The van der Waals surface area contributed by atoms with Crippen LogP contribution in [-0.4, -0.2) is 23.3 Å². The van der Waals surface area contributed by atoms with Crippen LogP contribution in [0.3, 0.4) is 0 Å². The Morgan fingerprint density at radius 2 is 2.17 bits per heavy atom. The highest BCUT2D eigenvalue weighted by atomic mass is 15.3. The summed E-state index contributed by atoms with van der Waals surface area (Å²) in [5, 5.41) is 7.97. The van der Waals surface area contributed by atoms with Gasteiger partial charge in [0.1, 0.15) is 0 Å². The van der Waals surface area contributed by atoms with Crippen LogP contribution in [0.2, 0.25) is 0 Å². The summed E-state index contributed by atoms with van der Waals surface area (Å²) in [5.74, 6) is 2.98. The van der Waals surface area contributed by atoms with E-state index in [0.717, 1.165) is 17.7 Å². The summed E-state index contributed by atoms with van der Waals surface area (Å²) >= 11 is 0. The van der Waals surface area contributed by atoms with Gasteiger partial charge in [-0.1, -0.05) is 0 Å². The first-order chi connectivity index (χ1) is 5.93. The highest BCUT2D eigenvalue weighted by Gasteiger charge is 2.45. The maximum Gasteiger partial charge on any atom is 0.151 e. The summed E-state index contributed by atoms with van der Waals surface area (Å²) in [6, 6.07) is 3.99. The van der Waals surface area contributed by atoms with Crippen LogP contribution in [0.4, 0.5) is 5.82 Å². The molecule has 0 bridgehead atoms. The van der Waals surface area contributed by atoms with Crippen LogP contribution in [0.5, 0.6) is 0 Å². The predicted octanol–water partition coefficient (Wildman–Crippen LogP) is 0.933. The molecule has 2 heterocycles. The molecule has 3 rings (SSSR count). The van der Waals surface area contributed by atoms with Crippen LogP contribution in [-0.2, 0) is 0 Å². The zero-order valence-electron chi connectivity index (χ0n) is 6.85. The number of fused-ring (bicyclic) bond motifs is 1. The second-order valence-corrected chi connectivity index (χ2v) is 3.74. The second-order valence-electron chi connectivity index (χ2n) is 3.74. The van der Waals surface area contributed by atoms with Gasteiger partial charge >= 0.3 is 0 Å². The molecule has 2 unspecified atom stereocenters. The predicted molar refractivity (Wildman–Crippen MR) is 45.8 cm³/mol. The fraction of sp³-hybridized carbons (Fsp3) is 0.556. The van der Waals surface area contributed by atoms with E-state index in [1.165, 1.54) is 19.5 Å². The van der Waals surface area contributed by atoms with Gasteiger partial charge in [0.05, 0.1) is 0 Å². The van der Waals surface area contributed by atoms with Crippen molar-refractivity contribution in [1.29, 1.82) is 0 Å². The van der Waals surface area contributed by atoms with Crippen molar-refractivity contribution in [3.63, 3.8) is 0 Å². The van der Waals surface area contributed by atoms with Crippen molar-refractivity contribution < 1.29 is 0 Å². The van der Waals surface area contributed by atoms with E-state index < -0.39 is 0 Å². The van der Waals surface area contributed by atoms with E-state index in [4.69, 9.17) is 0 Å². The molecule has 12 heavy (non-hydrogen) atoms. The number of rotatable bonds is 1. The molecule has 2 aliphatic rings. The molecule has 0 N–H and O–H groups in total. The molecule has 2 fully saturated rings. The lowest BCUT2D eigenvalue weighted by molar-refractivity contribution is 0.791. The summed E-state index contributed by atoms with van der Waals surface area (Å²) in [4.78, 5) is 2.34. The second kappa shape index (κ2) is 2.19. The van der Waals surface area contributed by atoms with Crippen molar-refractivity contribution in [2.45, 2.75) is 6.42 Å². The lowest BCUT2D eigenvalue weighted by Gasteiger charge is -2.17. The van der Waals surface area contributed by atoms with Gasteiger partial charge < -0.3 is 4.90 Å². The Kier molecular flexibility index (Phi) is 1.17. The summed E-state index contributed by atoms with van der Waals surface area (Å²) in [7, 11) is 0. The molecular weight excluding hydrogens is 150 g/mol. The lowest BCUT2D eigenvalue weighted by Crippen LogP contribution is -2.22. The molecular formula is C9H11N3. The Bertz CT molecular complexity index is 275. The molecule has 0 aromatic carbocycles. The van der Waals surface area contributed by atoms with Crippen LogP contribution < -0.4 is 4.90 Å². The molecule has 1 saturated carbocycles. The third kappa shape index (κ3) is 0.891. The minimum Gasteiger partial charge on any atom is -0.355 e. The van der Waals surface area contributed by atoms with Crippen LogP contribution in [0, 0.1) is 11.8 Å². The third-order valence-electron chi connectivity index (χ3n) is 2.86. The summed E-state index contributed by atoms with van der Waals surface area (Å²) in [6.45, 7) is 2.40. The van der Waals surface area contributed by atoms with E-state index in [0.29, 0.717) is 0 Å². The summed E-state index contributed by atoms with van der Waals surface area (Å²) in [5.41, 5.74) is 0. The van der Waals surface area contributed by atoms with E-state index in [2.05, 4.69) is 15.1 Å². The number of piperidine rings is 1. The Labute approximate surface area is 71.4 Å². The van der Waals surface area contributed by atoms with Crippen LogP contribution >= 0.6 is 0 Å². The van der Waals surface area contributed by atoms with Crippen molar-refractivity contribution in [1.82, 2.24) is 10.2 Å². The van der Waals surface area contributed by atoms with Crippen LogP contribution in [0.1, 0.15) is 6.42 Å². The number of hydrogen-bond acceptors (Lipinski definition) is 3. The van der Waals surface area contributed by atoms with Crippen molar-refractivity contribution in [2.75, 3.05) is 18.0 Å². The molecule has 3 nitrogen and oxygen atoms in total. The van der Waals surface area contributed by atoms with Gasteiger partial charge in [0, 0.05) is 19.3 Å². The van der Waals surface area contributed by atoms with E-state index in [1.807, 2.05) is 12.1 Å². The largest absolute Gasteiger partial charge is 0.355 e. The molecule has 62 valence electrons. The molecule has 1 aliphatic heterocycles. The average Bonchev–Trinajstić information content (AvgIpc) is 2.75. The maximum absolute atomic E-state index is 4.09. The Hall–Kier alpha value is -1.12.